The Kier molecular flexibility index (Phi) is 2.26. The molecule has 66 valence electrons. The standard InChI is InChI=1S/C9H19NO/c1-7-6-9(3,4)10(5)8(2)11-7/h7-8H,6H2,1-5H3/t7-,8+/m1/s1. The SMILES string of the molecule is C[C@@H]1CC(C)(C)N(C)[C@H](C)O1. The molecule has 0 aliphatic carbocycles. The minimum atomic E-state index is 0.258. The second-order valence-corrected chi connectivity index (χ2v) is 4.17. The highest BCUT2D eigenvalue weighted by atomic mass is 16.5. The molecule has 1 saturated heterocycles. The second-order valence-electron chi connectivity index (χ2n) is 4.17. The van der Waals surface area contributed by atoms with E-state index in [0.717, 1.165) is 6.42 Å². The maximum Gasteiger partial charge on any atom is 0.108 e. The van der Waals surface area contributed by atoms with Crippen molar-refractivity contribution in [3.8, 4) is 0 Å². The molecule has 1 aliphatic heterocycles. The predicted octanol–water partition coefficient (Wildman–Crippen LogP) is 1.85. The summed E-state index contributed by atoms with van der Waals surface area (Å²) in [7, 11) is 2.12. The molecule has 0 unspecified atom stereocenters. The van der Waals surface area contributed by atoms with Crippen LogP contribution in [-0.2, 0) is 4.74 Å². The summed E-state index contributed by atoms with van der Waals surface area (Å²) < 4.78 is 5.66. The van der Waals surface area contributed by atoms with Crippen LogP contribution in [0, 0.1) is 0 Å². The lowest BCUT2D eigenvalue weighted by molar-refractivity contribution is -0.163. The molecule has 11 heavy (non-hydrogen) atoms. The van der Waals surface area contributed by atoms with Crippen LogP contribution in [0.1, 0.15) is 34.1 Å². The Morgan fingerprint density at radius 1 is 1.36 bits per heavy atom. The minimum absolute atomic E-state index is 0.258. The zero-order chi connectivity index (χ0) is 8.65. The molecule has 0 radical (unpaired) electrons. The smallest absolute Gasteiger partial charge is 0.108 e. The Bertz CT molecular complexity index is 144. The topological polar surface area (TPSA) is 12.5 Å². The summed E-state index contributed by atoms with van der Waals surface area (Å²) in [6, 6.07) is 0. The van der Waals surface area contributed by atoms with E-state index in [2.05, 4.69) is 39.6 Å². The lowest BCUT2D eigenvalue weighted by Gasteiger charge is -2.46. The Labute approximate surface area is 69.5 Å². The van der Waals surface area contributed by atoms with Gasteiger partial charge in [0.05, 0.1) is 6.10 Å². The van der Waals surface area contributed by atoms with Gasteiger partial charge in [-0.05, 0) is 41.2 Å². The molecule has 0 aromatic carbocycles. The van der Waals surface area contributed by atoms with Crippen molar-refractivity contribution in [2.45, 2.75) is 52.0 Å². The molecule has 0 amide bonds. The van der Waals surface area contributed by atoms with Gasteiger partial charge in [0, 0.05) is 5.54 Å². The third kappa shape index (κ3) is 1.74. The summed E-state index contributed by atoms with van der Waals surface area (Å²) in [5, 5.41) is 0. The molecule has 0 bridgehead atoms. The van der Waals surface area contributed by atoms with Gasteiger partial charge in [0.15, 0.2) is 0 Å². The molecule has 2 atom stereocenters. The lowest BCUT2D eigenvalue weighted by Crippen LogP contribution is -2.54. The summed E-state index contributed by atoms with van der Waals surface area (Å²) in [4.78, 5) is 2.28. The van der Waals surface area contributed by atoms with E-state index >= 15 is 0 Å². The largest absolute Gasteiger partial charge is 0.360 e. The number of ether oxygens (including phenoxy) is 1. The Morgan fingerprint density at radius 2 is 1.91 bits per heavy atom. The fourth-order valence-corrected chi connectivity index (χ4v) is 1.82. The van der Waals surface area contributed by atoms with Crippen LogP contribution in [0.15, 0.2) is 0 Å². The predicted molar refractivity (Wildman–Crippen MR) is 46.5 cm³/mol. The first-order valence-electron chi connectivity index (χ1n) is 4.32. The van der Waals surface area contributed by atoms with Gasteiger partial charge in [-0.1, -0.05) is 0 Å². The molecule has 2 nitrogen and oxygen atoms in total. The Morgan fingerprint density at radius 3 is 2.36 bits per heavy atom. The zero-order valence-electron chi connectivity index (χ0n) is 8.22. The highest BCUT2D eigenvalue weighted by Crippen LogP contribution is 2.28. The van der Waals surface area contributed by atoms with Crippen molar-refractivity contribution in [2.24, 2.45) is 0 Å². The molecule has 0 N–H and O–H groups in total. The van der Waals surface area contributed by atoms with Crippen molar-refractivity contribution in [3.63, 3.8) is 0 Å². The van der Waals surface area contributed by atoms with Crippen molar-refractivity contribution in [1.82, 2.24) is 4.90 Å². The third-order valence-electron chi connectivity index (χ3n) is 2.72. The van der Waals surface area contributed by atoms with Gasteiger partial charge in [-0.25, -0.2) is 0 Å². The molecule has 1 aliphatic rings. The fourth-order valence-electron chi connectivity index (χ4n) is 1.82. The van der Waals surface area contributed by atoms with Gasteiger partial charge in [0.25, 0.3) is 0 Å². The van der Waals surface area contributed by atoms with Gasteiger partial charge in [-0.15, -0.1) is 0 Å². The summed E-state index contributed by atoms with van der Waals surface area (Å²) >= 11 is 0. The van der Waals surface area contributed by atoms with E-state index in [9.17, 15) is 0 Å². The van der Waals surface area contributed by atoms with E-state index in [1.54, 1.807) is 0 Å². The first-order chi connectivity index (χ1) is 4.93. The van der Waals surface area contributed by atoms with E-state index in [0.29, 0.717) is 6.10 Å². The molecule has 0 spiro atoms. The van der Waals surface area contributed by atoms with Crippen LogP contribution in [-0.4, -0.2) is 29.8 Å². The van der Waals surface area contributed by atoms with E-state index in [1.165, 1.54) is 0 Å². The Hall–Kier alpha value is -0.0800. The van der Waals surface area contributed by atoms with E-state index < -0.39 is 0 Å². The molecule has 0 aromatic heterocycles. The average molecular weight is 157 g/mol. The Balaban J connectivity index is 2.67. The van der Waals surface area contributed by atoms with E-state index in [-0.39, 0.29) is 11.8 Å². The van der Waals surface area contributed by atoms with Gasteiger partial charge in [0.1, 0.15) is 6.23 Å². The molecule has 1 heterocycles. The summed E-state index contributed by atoms with van der Waals surface area (Å²) in [6.45, 7) is 8.79. The summed E-state index contributed by atoms with van der Waals surface area (Å²) in [5.74, 6) is 0. The first-order valence-corrected chi connectivity index (χ1v) is 4.32. The number of nitrogens with zero attached hydrogens (tertiary/aromatic N) is 1. The van der Waals surface area contributed by atoms with Gasteiger partial charge >= 0.3 is 0 Å². The maximum atomic E-state index is 5.66. The lowest BCUT2D eigenvalue weighted by atomic mass is 9.93. The molecule has 0 aromatic rings. The normalized spacial score (nSPS) is 39.0. The van der Waals surface area contributed by atoms with Crippen LogP contribution in [0.2, 0.25) is 0 Å². The molecule has 1 fully saturated rings. The van der Waals surface area contributed by atoms with Crippen molar-refractivity contribution in [3.05, 3.63) is 0 Å². The van der Waals surface area contributed by atoms with Gasteiger partial charge < -0.3 is 4.74 Å². The van der Waals surface area contributed by atoms with Crippen molar-refractivity contribution >= 4 is 0 Å². The minimum Gasteiger partial charge on any atom is -0.360 e. The molecule has 1 rings (SSSR count). The van der Waals surface area contributed by atoms with Crippen LogP contribution >= 0.6 is 0 Å². The van der Waals surface area contributed by atoms with Crippen molar-refractivity contribution in [1.29, 1.82) is 0 Å². The van der Waals surface area contributed by atoms with Gasteiger partial charge in [0.2, 0.25) is 0 Å². The fraction of sp³-hybridized carbons (Fsp3) is 1.00. The van der Waals surface area contributed by atoms with Crippen LogP contribution in [0.25, 0.3) is 0 Å². The van der Waals surface area contributed by atoms with Crippen LogP contribution in [0.3, 0.4) is 0 Å². The molecular weight excluding hydrogens is 138 g/mol. The van der Waals surface area contributed by atoms with Gasteiger partial charge in [-0.2, -0.15) is 0 Å². The molecule has 2 heteroatoms. The van der Waals surface area contributed by atoms with Crippen LogP contribution in [0.5, 0.6) is 0 Å². The molecule has 0 saturated carbocycles. The van der Waals surface area contributed by atoms with Crippen molar-refractivity contribution in [2.75, 3.05) is 7.05 Å². The zero-order valence-corrected chi connectivity index (χ0v) is 8.22. The van der Waals surface area contributed by atoms with E-state index in [1.807, 2.05) is 0 Å². The van der Waals surface area contributed by atoms with E-state index in [4.69, 9.17) is 4.74 Å². The number of rotatable bonds is 0. The molecular formula is C9H19NO. The number of hydrogen-bond donors (Lipinski definition) is 0. The maximum absolute atomic E-state index is 5.66. The summed E-state index contributed by atoms with van der Waals surface area (Å²) in [5.41, 5.74) is 0.289. The van der Waals surface area contributed by atoms with Crippen LogP contribution < -0.4 is 0 Å². The monoisotopic (exact) mass is 157 g/mol. The van der Waals surface area contributed by atoms with Gasteiger partial charge in [-0.3, -0.25) is 4.90 Å². The quantitative estimate of drug-likeness (QED) is 0.532. The highest BCUT2D eigenvalue weighted by molar-refractivity contribution is 4.86. The van der Waals surface area contributed by atoms with Crippen LogP contribution in [0.4, 0.5) is 0 Å². The van der Waals surface area contributed by atoms with Crippen molar-refractivity contribution < 1.29 is 4.74 Å². The third-order valence-corrected chi connectivity index (χ3v) is 2.72. The first kappa shape index (κ1) is 9.01. The highest BCUT2D eigenvalue weighted by Gasteiger charge is 2.35. The second kappa shape index (κ2) is 2.76. The summed E-state index contributed by atoms with van der Waals surface area (Å²) in [6.07, 6.45) is 1.78. The average Bonchev–Trinajstić information content (AvgIpc) is 1.81. The number of hydrogen-bond acceptors (Lipinski definition) is 2.